The van der Waals surface area contributed by atoms with E-state index < -0.39 is 0 Å². The Bertz CT molecular complexity index is 1010. The fourth-order valence-electron chi connectivity index (χ4n) is 3.69. The average Bonchev–Trinajstić information content (AvgIpc) is 3.20. The number of hydrogen-bond acceptors (Lipinski definition) is 5. The number of esters is 1. The summed E-state index contributed by atoms with van der Waals surface area (Å²) in [5.74, 6) is -0.0977. The number of ether oxygens (including phenoxy) is 1. The van der Waals surface area contributed by atoms with E-state index in [1.54, 1.807) is 0 Å². The number of hydrogen-bond donors (Lipinski definition) is 0. The summed E-state index contributed by atoms with van der Waals surface area (Å²) in [5.41, 5.74) is 5.51. The third kappa shape index (κ3) is 4.28. The third-order valence-corrected chi connectivity index (χ3v) is 5.64. The van der Waals surface area contributed by atoms with Crippen LogP contribution >= 0.6 is 0 Å². The number of rotatable bonds is 5. The number of likely N-dealkylation sites (tertiary alicyclic amines) is 1. The van der Waals surface area contributed by atoms with Gasteiger partial charge in [-0.3, -0.25) is 9.69 Å². The molecule has 1 fully saturated rings. The molecule has 0 aliphatic carbocycles. The molecule has 4 rings (SSSR count). The first-order chi connectivity index (χ1) is 14.3. The summed E-state index contributed by atoms with van der Waals surface area (Å²) >= 11 is 0. The van der Waals surface area contributed by atoms with Crippen LogP contribution in [-0.4, -0.2) is 46.1 Å². The third-order valence-electron chi connectivity index (χ3n) is 5.64. The molecule has 3 aromatic rings. The summed E-state index contributed by atoms with van der Waals surface area (Å²) in [6, 6.07) is 16.8. The van der Waals surface area contributed by atoms with Gasteiger partial charge in [0.05, 0.1) is 24.9 Å². The monoisotopic (exact) mass is 404 g/mol. The van der Waals surface area contributed by atoms with Gasteiger partial charge in [0.15, 0.2) is 0 Å². The van der Waals surface area contributed by atoms with Gasteiger partial charge in [0.25, 0.3) is 0 Å². The smallest absolute Gasteiger partial charge is 0.311 e. The van der Waals surface area contributed by atoms with Gasteiger partial charge in [0.2, 0.25) is 0 Å². The van der Waals surface area contributed by atoms with Crippen LogP contribution in [0.5, 0.6) is 0 Å². The predicted molar refractivity (Wildman–Crippen MR) is 116 cm³/mol. The highest BCUT2D eigenvalue weighted by atomic mass is 16.5. The van der Waals surface area contributed by atoms with Crippen molar-refractivity contribution in [1.82, 2.24) is 19.9 Å². The Balaban J connectivity index is 1.40. The Morgan fingerprint density at radius 2 is 1.73 bits per heavy atom. The molecule has 0 saturated carbocycles. The molecule has 0 unspecified atom stereocenters. The van der Waals surface area contributed by atoms with Crippen LogP contribution in [0.4, 0.5) is 0 Å². The Morgan fingerprint density at radius 3 is 2.33 bits per heavy atom. The van der Waals surface area contributed by atoms with E-state index in [1.165, 1.54) is 18.2 Å². The van der Waals surface area contributed by atoms with E-state index in [1.807, 2.05) is 10.9 Å². The van der Waals surface area contributed by atoms with Crippen LogP contribution in [0, 0.1) is 5.92 Å². The highest BCUT2D eigenvalue weighted by molar-refractivity contribution is 5.73. The fourth-order valence-corrected chi connectivity index (χ4v) is 3.69. The molecule has 1 saturated heterocycles. The molecule has 0 radical (unpaired) electrons. The van der Waals surface area contributed by atoms with Crippen LogP contribution in [0.25, 0.3) is 16.9 Å². The second-order valence-electron chi connectivity index (χ2n) is 8.96. The summed E-state index contributed by atoms with van der Waals surface area (Å²) in [4.78, 5) is 13.7. The molecule has 0 spiro atoms. The molecule has 0 atom stereocenters. The topological polar surface area (TPSA) is 60.2 Å². The van der Waals surface area contributed by atoms with Gasteiger partial charge < -0.3 is 4.74 Å². The SMILES string of the molecule is COC(=O)C1CN(Cc2ccc(-c3cn(-c4ccc(C(C)(C)C)cc4)nn3)cc2)C1. The lowest BCUT2D eigenvalue weighted by molar-refractivity contribution is -0.151. The number of methoxy groups -OCH3 is 1. The van der Waals surface area contributed by atoms with Crippen LogP contribution in [-0.2, 0) is 21.5 Å². The Morgan fingerprint density at radius 1 is 1.07 bits per heavy atom. The second kappa shape index (κ2) is 8.03. The van der Waals surface area contributed by atoms with Gasteiger partial charge in [0, 0.05) is 25.2 Å². The van der Waals surface area contributed by atoms with Crippen LogP contribution in [0.2, 0.25) is 0 Å². The summed E-state index contributed by atoms with van der Waals surface area (Å²) in [7, 11) is 1.45. The molecule has 1 aromatic heterocycles. The minimum Gasteiger partial charge on any atom is -0.469 e. The Hall–Kier alpha value is -2.99. The first kappa shape index (κ1) is 20.3. The first-order valence-corrected chi connectivity index (χ1v) is 10.3. The van der Waals surface area contributed by atoms with Crippen molar-refractivity contribution < 1.29 is 9.53 Å². The van der Waals surface area contributed by atoms with E-state index in [9.17, 15) is 4.79 Å². The van der Waals surface area contributed by atoms with E-state index in [-0.39, 0.29) is 17.3 Å². The van der Waals surface area contributed by atoms with E-state index in [2.05, 4.69) is 84.5 Å². The maximum absolute atomic E-state index is 11.5. The van der Waals surface area contributed by atoms with E-state index in [4.69, 9.17) is 4.74 Å². The Kier molecular flexibility index (Phi) is 5.43. The predicted octanol–water partition coefficient (Wildman–Crippen LogP) is 3.84. The van der Waals surface area contributed by atoms with Crippen LogP contribution < -0.4 is 0 Å². The van der Waals surface area contributed by atoms with Gasteiger partial charge >= 0.3 is 5.97 Å². The molecule has 6 heteroatoms. The van der Waals surface area contributed by atoms with Crippen molar-refractivity contribution in [1.29, 1.82) is 0 Å². The standard InChI is InChI=1S/C24H28N4O2/c1-24(2,3)20-9-11-21(12-10-20)28-16-22(25-26-28)18-7-5-17(6-8-18)13-27-14-19(15-27)23(29)30-4/h5-12,16,19H,13-15H2,1-4H3. The highest BCUT2D eigenvalue weighted by Crippen LogP contribution is 2.25. The van der Waals surface area contributed by atoms with Gasteiger partial charge in [-0.1, -0.05) is 62.4 Å². The number of aromatic nitrogens is 3. The van der Waals surface area contributed by atoms with Crippen molar-refractivity contribution in [3.05, 3.63) is 65.9 Å². The molecule has 2 aromatic carbocycles. The molecule has 156 valence electrons. The van der Waals surface area contributed by atoms with E-state index in [0.717, 1.165) is 36.6 Å². The van der Waals surface area contributed by atoms with Crippen molar-refractivity contribution in [3.63, 3.8) is 0 Å². The van der Waals surface area contributed by atoms with Crippen LogP contribution in [0.3, 0.4) is 0 Å². The molecule has 30 heavy (non-hydrogen) atoms. The summed E-state index contributed by atoms with van der Waals surface area (Å²) < 4.78 is 6.60. The van der Waals surface area contributed by atoms with Crippen molar-refractivity contribution >= 4 is 5.97 Å². The van der Waals surface area contributed by atoms with Gasteiger partial charge in [-0.25, -0.2) is 4.68 Å². The lowest BCUT2D eigenvalue weighted by Crippen LogP contribution is -2.49. The maximum atomic E-state index is 11.5. The lowest BCUT2D eigenvalue weighted by Gasteiger charge is -2.37. The van der Waals surface area contributed by atoms with Gasteiger partial charge in [-0.15, -0.1) is 5.10 Å². The fraction of sp³-hybridized carbons (Fsp3) is 0.375. The van der Waals surface area contributed by atoms with Crippen molar-refractivity contribution in [2.75, 3.05) is 20.2 Å². The zero-order valence-electron chi connectivity index (χ0n) is 18.0. The van der Waals surface area contributed by atoms with E-state index in [0.29, 0.717) is 0 Å². The van der Waals surface area contributed by atoms with Crippen LogP contribution in [0.1, 0.15) is 31.9 Å². The molecule has 6 nitrogen and oxygen atoms in total. The largest absolute Gasteiger partial charge is 0.469 e. The highest BCUT2D eigenvalue weighted by Gasteiger charge is 2.33. The minimum atomic E-state index is -0.113. The zero-order valence-corrected chi connectivity index (χ0v) is 18.0. The second-order valence-corrected chi connectivity index (χ2v) is 8.96. The zero-order chi connectivity index (χ0) is 21.3. The summed E-state index contributed by atoms with van der Waals surface area (Å²) in [6.07, 6.45) is 1.96. The first-order valence-electron chi connectivity index (χ1n) is 10.3. The average molecular weight is 405 g/mol. The Labute approximate surface area is 177 Å². The molecule has 1 aliphatic heterocycles. The molecule has 2 heterocycles. The molecule has 0 bridgehead atoms. The van der Waals surface area contributed by atoms with Gasteiger partial charge in [-0.2, -0.15) is 0 Å². The molecular formula is C24H28N4O2. The van der Waals surface area contributed by atoms with Gasteiger partial charge in [-0.05, 0) is 28.7 Å². The molecule has 1 aliphatic rings. The molecular weight excluding hydrogens is 376 g/mol. The quantitative estimate of drug-likeness (QED) is 0.605. The minimum absolute atomic E-state index is 0.0155. The van der Waals surface area contributed by atoms with Crippen molar-refractivity contribution in [3.8, 4) is 16.9 Å². The molecule has 0 N–H and O–H groups in total. The summed E-state index contributed by atoms with van der Waals surface area (Å²) in [5, 5.41) is 8.64. The maximum Gasteiger partial charge on any atom is 0.311 e. The van der Waals surface area contributed by atoms with Crippen molar-refractivity contribution in [2.24, 2.45) is 5.92 Å². The molecule has 0 amide bonds. The number of benzene rings is 2. The number of carbonyl (C=O) groups excluding carboxylic acids is 1. The lowest BCUT2D eigenvalue weighted by atomic mass is 9.87. The summed E-state index contributed by atoms with van der Waals surface area (Å²) in [6.45, 7) is 8.98. The van der Waals surface area contributed by atoms with E-state index >= 15 is 0 Å². The van der Waals surface area contributed by atoms with Gasteiger partial charge in [0.1, 0.15) is 5.69 Å². The number of carbonyl (C=O) groups is 1. The van der Waals surface area contributed by atoms with Crippen LogP contribution in [0.15, 0.2) is 54.7 Å². The number of nitrogens with zero attached hydrogens (tertiary/aromatic N) is 4. The normalized spacial score (nSPS) is 15.1. The van der Waals surface area contributed by atoms with Crippen molar-refractivity contribution in [2.45, 2.75) is 32.7 Å².